The molecule has 1 atom stereocenters. The first kappa shape index (κ1) is 11.5. The molecule has 0 bridgehead atoms. The fraction of sp³-hybridized carbons (Fsp3) is 0.900. The Morgan fingerprint density at radius 2 is 2.29 bits per heavy atom. The largest absolute Gasteiger partial charge is 0.469 e. The van der Waals surface area contributed by atoms with Gasteiger partial charge in [0.05, 0.1) is 19.6 Å². The van der Waals surface area contributed by atoms with E-state index < -0.39 is 0 Å². The highest BCUT2D eigenvalue weighted by Crippen LogP contribution is 2.12. The summed E-state index contributed by atoms with van der Waals surface area (Å²) in [6.07, 6.45) is 3.10. The molecule has 0 N–H and O–H groups in total. The molecule has 0 aromatic rings. The van der Waals surface area contributed by atoms with Crippen molar-refractivity contribution in [1.29, 1.82) is 0 Å². The summed E-state index contributed by atoms with van der Waals surface area (Å²) in [7, 11) is 3.17. The Morgan fingerprint density at radius 3 is 2.93 bits per heavy atom. The molecule has 4 heteroatoms. The highest BCUT2D eigenvalue weighted by atomic mass is 16.5. The van der Waals surface area contributed by atoms with Gasteiger partial charge < -0.3 is 14.4 Å². The summed E-state index contributed by atoms with van der Waals surface area (Å²) in [5, 5.41) is 0. The lowest BCUT2D eigenvalue weighted by atomic mass is 10.1. The number of likely N-dealkylation sites (tertiary alicyclic amines) is 1. The number of esters is 1. The molecular weight excluding hydrogens is 182 g/mol. The van der Waals surface area contributed by atoms with Crippen molar-refractivity contribution in [2.75, 3.05) is 33.9 Å². The molecule has 4 nitrogen and oxygen atoms in total. The van der Waals surface area contributed by atoms with Gasteiger partial charge >= 0.3 is 5.97 Å². The molecule has 0 amide bonds. The molecule has 1 unspecified atom stereocenters. The van der Waals surface area contributed by atoms with Crippen LogP contribution in [-0.2, 0) is 14.3 Å². The van der Waals surface area contributed by atoms with E-state index in [2.05, 4.69) is 9.64 Å². The molecule has 0 saturated carbocycles. The number of ether oxygens (including phenoxy) is 2. The number of rotatable bonds is 4. The van der Waals surface area contributed by atoms with E-state index in [4.69, 9.17) is 4.74 Å². The standard InChI is InChI=1S/C10H19NO3/c1-13-9-4-3-6-11(8-9)7-5-10(12)14-2/h9H,3-8H2,1-2H3. The molecule has 82 valence electrons. The molecule has 1 aliphatic rings. The molecule has 0 radical (unpaired) electrons. The van der Waals surface area contributed by atoms with Gasteiger partial charge in [0.2, 0.25) is 0 Å². The van der Waals surface area contributed by atoms with E-state index in [0.717, 1.165) is 32.5 Å². The van der Waals surface area contributed by atoms with E-state index in [-0.39, 0.29) is 5.97 Å². The van der Waals surface area contributed by atoms with Gasteiger partial charge in [-0.25, -0.2) is 0 Å². The Morgan fingerprint density at radius 1 is 1.50 bits per heavy atom. The van der Waals surface area contributed by atoms with Crippen LogP contribution < -0.4 is 0 Å². The van der Waals surface area contributed by atoms with Crippen LogP contribution in [0.1, 0.15) is 19.3 Å². The third-order valence-corrected chi connectivity index (χ3v) is 2.66. The number of carbonyl (C=O) groups is 1. The first-order valence-corrected chi connectivity index (χ1v) is 5.08. The minimum atomic E-state index is -0.135. The first-order chi connectivity index (χ1) is 6.76. The Kier molecular flexibility index (Phi) is 4.90. The fourth-order valence-corrected chi connectivity index (χ4v) is 1.76. The lowest BCUT2D eigenvalue weighted by Gasteiger charge is -2.31. The summed E-state index contributed by atoms with van der Waals surface area (Å²) >= 11 is 0. The maximum atomic E-state index is 10.9. The maximum absolute atomic E-state index is 10.9. The van der Waals surface area contributed by atoms with Crippen molar-refractivity contribution in [1.82, 2.24) is 4.90 Å². The fourth-order valence-electron chi connectivity index (χ4n) is 1.76. The molecule has 1 heterocycles. The van der Waals surface area contributed by atoms with Gasteiger partial charge in [-0.15, -0.1) is 0 Å². The van der Waals surface area contributed by atoms with Crippen molar-refractivity contribution < 1.29 is 14.3 Å². The minimum Gasteiger partial charge on any atom is -0.469 e. The smallest absolute Gasteiger partial charge is 0.306 e. The zero-order chi connectivity index (χ0) is 10.4. The molecule has 0 aliphatic carbocycles. The van der Waals surface area contributed by atoms with E-state index in [1.807, 2.05) is 0 Å². The van der Waals surface area contributed by atoms with Crippen molar-refractivity contribution >= 4 is 5.97 Å². The van der Waals surface area contributed by atoms with Crippen molar-refractivity contribution in [3.8, 4) is 0 Å². The quantitative estimate of drug-likeness (QED) is 0.626. The predicted molar refractivity (Wildman–Crippen MR) is 53.1 cm³/mol. The number of nitrogens with zero attached hydrogens (tertiary/aromatic N) is 1. The van der Waals surface area contributed by atoms with Crippen molar-refractivity contribution in [2.45, 2.75) is 25.4 Å². The summed E-state index contributed by atoms with van der Waals surface area (Å²) in [6.45, 7) is 2.79. The van der Waals surface area contributed by atoms with Crippen LogP contribution in [-0.4, -0.2) is 50.8 Å². The first-order valence-electron chi connectivity index (χ1n) is 5.08. The second-order valence-electron chi connectivity index (χ2n) is 3.63. The zero-order valence-electron chi connectivity index (χ0n) is 8.99. The molecule has 1 rings (SSSR count). The summed E-state index contributed by atoms with van der Waals surface area (Å²) in [5.74, 6) is -0.135. The summed E-state index contributed by atoms with van der Waals surface area (Å²) in [6, 6.07) is 0. The molecule has 1 aliphatic heterocycles. The highest BCUT2D eigenvalue weighted by molar-refractivity contribution is 5.69. The normalized spacial score (nSPS) is 23.4. The topological polar surface area (TPSA) is 38.8 Å². The Balaban J connectivity index is 2.20. The Labute approximate surface area is 85.2 Å². The summed E-state index contributed by atoms with van der Waals surface area (Å²) in [4.78, 5) is 13.2. The van der Waals surface area contributed by atoms with Crippen LogP contribution in [0.4, 0.5) is 0 Å². The second-order valence-corrected chi connectivity index (χ2v) is 3.63. The van der Waals surface area contributed by atoms with Gasteiger partial charge in [0.25, 0.3) is 0 Å². The molecule has 0 aromatic heterocycles. The molecule has 0 spiro atoms. The van der Waals surface area contributed by atoms with Crippen LogP contribution in [0.5, 0.6) is 0 Å². The number of piperidine rings is 1. The van der Waals surface area contributed by atoms with Crippen molar-refractivity contribution in [2.24, 2.45) is 0 Å². The Hall–Kier alpha value is -0.610. The maximum Gasteiger partial charge on any atom is 0.306 e. The molecule has 14 heavy (non-hydrogen) atoms. The summed E-state index contributed by atoms with van der Waals surface area (Å²) < 4.78 is 9.89. The number of hydrogen-bond donors (Lipinski definition) is 0. The Bertz CT molecular complexity index is 184. The SMILES string of the molecule is COC(=O)CCN1CCCC(OC)C1. The predicted octanol–water partition coefficient (Wildman–Crippen LogP) is 0.660. The van der Waals surface area contributed by atoms with Gasteiger partial charge in [0.1, 0.15) is 0 Å². The van der Waals surface area contributed by atoms with Crippen LogP contribution in [0.2, 0.25) is 0 Å². The molecule has 0 aromatic carbocycles. The van der Waals surface area contributed by atoms with E-state index >= 15 is 0 Å². The lowest BCUT2D eigenvalue weighted by molar-refractivity contribution is -0.141. The van der Waals surface area contributed by atoms with Gasteiger partial charge in [-0.2, -0.15) is 0 Å². The van der Waals surface area contributed by atoms with E-state index in [1.54, 1.807) is 7.11 Å². The monoisotopic (exact) mass is 201 g/mol. The van der Waals surface area contributed by atoms with E-state index in [9.17, 15) is 4.79 Å². The lowest BCUT2D eigenvalue weighted by Crippen LogP contribution is -2.40. The third kappa shape index (κ3) is 3.64. The van der Waals surface area contributed by atoms with E-state index in [1.165, 1.54) is 7.11 Å². The van der Waals surface area contributed by atoms with Crippen LogP contribution in [0.15, 0.2) is 0 Å². The van der Waals surface area contributed by atoms with Crippen LogP contribution in [0.3, 0.4) is 0 Å². The van der Waals surface area contributed by atoms with Gasteiger partial charge in [0.15, 0.2) is 0 Å². The number of carbonyl (C=O) groups excluding carboxylic acids is 1. The second kappa shape index (κ2) is 5.98. The number of hydrogen-bond acceptors (Lipinski definition) is 4. The zero-order valence-corrected chi connectivity index (χ0v) is 8.99. The highest BCUT2D eigenvalue weighted by Gasteiger charge is 2.19. The van der Waals surface area contributed by atoms with Crippen LogP contribution in [0.25, 0.3) is 0 Å². The molecule has 1 fully saturated rings. The third-order valence-electron chi connectivity index (χ3n) is 2.66. The van der Waals surface area contributed by atoms with E-state index in [0.29, 0.717) is 12.5 Å². The molecule has 1 saturated heterocycles. The average molecular weight is 201 g/mol. The van der Waals surface area contributed by atoms with Gasteiger partial charge in [-0.1, -0.05) is 0 Å². The van der Waals surface area contributed by atoms with Crippen molar-refractivity contribution in [3.05, 3.63) is 0 Å². The number of methoxy groups -OCH3 is 2. The van der Waals surface area contributed by atoms with Gasteiger partial charge in [0, 0.05) is 20.2 Å². The van der Waals surface area contributed by atoms with Crippen molar-refractivity contribution in [3.63, 3.8) is 0 Å². The minimum absolute atomic E-state index is 0.135. The summed E-state index contributed by atoms with van der Waals surface area (Å²) in [5.41, 5.74) is 0. The molecular formula is C10H19NO3. The van der Waals surface area contributed by atoms with Crippen LogP contribution in [0, 0.1) is 0 Å². The average Bonchev–Trinajstić information content (AvgIpc) is 2.26. The van der Waals surface area contributed by atoms with Gasteiger partial charge in [-0.3, -0.25) is 4.79 Å². The van der Waals surface area contributed by atoms with Gasteiger partial charge in [-0.05, 0) is 19.4 Å². The van der Waals surface area contributed by atoms with Crippen LogP contribution >= 0.6 is 0 Å².